The number of hydrogen-bond donors (Lipinski definition) is 2. The Bertz CT molecular complexity index is 394. The molecule has 18 heavy (non-hydrogen) atoms. The van der Waals surface area contributed by atoms with Crippen LogP contribution < -0.4 is 11.3 Å². The van der Waals surface area contributed by atoms with E-state index in [1.54, 1.807) is 30.4 Å². The normalized spacial score (nSPS) is 10.5. The fourth-order valence-electron chi connectivity index (χ4n) is 1.63. The average Bonchev–Trinajstić information content (AvgIpc) is 2.37. The number of amides is 1. The van der Waals surface area contributed by atoms with Crippen molar-refractivity contribution in [3.8, 4) is 0 Å². The van der Waals surface area contributed by atoms with Crippen molar-refractivity contribution < 1.29 is 4.79 Å². The Morgan fingerprint density at radius 1 is 1.39 bits per heavy atom. The molecule has 0 unspecified atom stereocenters. The molecule has 0 saturated carbocycles. The molecule has 3 N–H and O–H groups in total. The van der Waals surface area contributed by atoms with E-state index in [9.17, 15) is 4.79 Å². The van der Waals surface area contributed by atoms with Gasteiger partial charge in [-0.15, -0.1) is 0 Å². The van der Waals surface area contributed by atoms with Crippen LogP contribution in [0, 0.1) is 0 Å². The van der Waals surface area contributed by atoms with Crippen molar-refractivity contribution in [2.45, 2.75) is 6.42 Å². The number of hydrogen-bond acceptors (Lipinski definition) is 5. The van der Waals surface area contributed by atoms with Crippen molar-refractivity contribution in [3.63, 3.8) is 0 Å². The summed E-state index contributed by atoms with van der Waals surface area (Å²) < 4.78 is 0. The van der Waals surface area contributed by atoms with Gasteiger partial charge in [-0.05, 0) is 33.1 Å². The van der Waals surface area contributed by atoms with Crippen molar-refractivity contribution in [2.75, 3.05) is 39.7 Å². The third-order valence-corrected chi connectivity index (χ3v) is 2.65. The predicted octanol–water partition coefficient (Wildman–Crippen LogP) is 0.391. The van der Waals surface area contributed by atoms with Crippen LogP contribution in [0.15, 0.2) is 18.5 Å². The van der Waals surface area contributed by atoms with Crippen LogP contribution in [0.2, 0.25) is 0 Å². The molecule has 0 saturated heterocycles. The highest BCUT2D eigenvalue weighted by Gasteiger charge is 2.15. The number of rotatable bonds is 6. The quantitative estimate of drug-likeness (QED) is 0.565. The molecule has 0 spiro atoms. The first-order valence-electron chi connectivity index (χ1n) is 5.87. The van der Waals surface area contributed by atoms with Crippen LogP contribution in [0.4, 0.5) is 5.69 Å². The number of nitrogens with two attached hydrogens (primary N) is 1. The van der Waals surface area contributed by atoms with Gasteiger partial charge in [0.05, 0.1) is 17.4 Å². The van der Waals surface area contributed by atoms with E-state index in [2.05, 4.69) is 15.3 Å². The number of carbonyl (C=O) groups excluding carboxylic acids is 1. The number of nitrogens with one attached hydrogen (secondary N) is 1. The molecule has 0 aliphatic heterocycles. The summed E-state index contributed by atoms with van der Waals surface area (Å²) in [6.45, 7) is 1.67. The Labute approximate surface area is 108 Å². The molecule has 0 bridgehead atoms. The summed E-state index contributed by atoms with van der Waals surface area (Å²) in [5.41, 5.74) is 3.57. The minimum absolute atomic E-state index is 0.0518. The molecule has 0 aliphatic rings. The first-order valence-corrected chi connectivity index (χ1v) is 5.87. The van der Waals surface area contributed by atoms with Gasteiger partial charge in [0, 0.05) is 19.8 Å². The van der Waals surface area contributed by atoms with Gasteiger partial charge in [0.1, 0.15) is 0 Å². The second-order valence-corrected chi connectivity index (χ2v) is 4.45. The number of anilines is 1. The lowest BCUT2D eigenvalue weighted by Gasteiger charge is -2.19. The van der Waals surface area contributed by atoms with E-state index in [1.165, 1.54) is 0 Å². The summed E-state index contributed by atoms with van der Waals surface area (Å²) in [5, 5.41) is 0. The number of aromatic nitrogens is 1. The van der Waals surface area contributed by atoms with E-state index in [4.69, 9.17) is 5.84 Å². The maximum absolute atomic E-state index is 12.2. The van der Waals surface area contributed by atoms with Gasteiger partial charge in [-0.1, -0.05) is 0 Å². The summed E-state index contributed by atoms with van der Waals surface area (Å²) in [4.78, 5) is 19.9. The maximum Gasteiger partial charge on any atom is 0.255 e. The van der Waals surface area contributed by atoms with Crippen molar-refractivity contribution in [1.82, 2.24) is 14.8 Å². The van der Waals surface area contributed by atoms with Crippen LogP contribution in [0.1, 0.15) is 16.8 Å². The molecular formula is C12H21N5O. The monoisotopic (exact) mass is 251 g/mol. The molecular weight excluding hydrogens is 230 g/mol. The molecule has 1 rings (SSSR count). The van der Waals surface area contributed by atoms with E-state index in [0.29, 0.717) is 17.8 Å². The van der Waals surface area contributed by atoms with Crippen LogP contribution in [0.5, 0.6) is 0 Å². The first-order chi connectivity index (χ1) is 8.56. The molecule has 100 valence electrons. The average molecular weight is 251 g/mol. The Kier molecular flexibility index (Phi) is 5.54. The molecule has 0 atom stereocenters. The molecule has 6 nitrogen and oxygen atoms in total. The van der Waals surface area contributed by atoms with Crippen LogP contribution >= 0.6 is 0 Å². The Morgan fingerprint density at radius 2 is 2.11 bits per heavy atom. The molecule has 0 radical (unpaired) electrons. The standard InChI is InChI=1S/C12H21N5O/c1-16(2)7-4-8-17(3)12(18)10-5-6-14-9-11(10)15-13/h5-6,9,15H,4,7-8,13H2,1-3H3. The molecule has 6 heteroatoms. The lowest BCUT2D eigenvalue weighted by molar-refractivity contribution is 0.0791. The smallest absolute Gasteiger partial charge is 0.255 e. The lowest BCUT2D eigenvalue weighted by atomic mass is 10.2. The van der Waals surface area contributed by atoms with Gasteiger partial charge in [-0.2, -0.15) is 0 Å². The summed E-state index contributed by atoms with van der Waals surface area (Å²) in [5.74, 6) is 5.31. The highest BCUT2D eigenvalue weighted by Crippen LogP contribution is 2.14. The molecule has 0 aromatic carbocycles. The maximum atomic E-state index is 12.2. The first kappa shape index (κ1) is 14.4. The second kappa shape index (κ2) is 6.93. The van der Waals surface area contributed by atoms with Gasteiger partial charge in [-0.25, -0.2) is 0 Å². The summed E-state index contributed by atoms with van der Waals surface area (Å²) in [6.07, 6.45) is 4.06. The highest BCUT2D eigenvalue weighted by atomic mass is 16.2. The summed E-state index contributed by atoms with van der Waals surface area (Å²) in [7, 11) is 5.82. The van der Waals surface area contributed by atoms with Crippen molar-refractivity contribution >= 4 is 11.6 Å². The van der Waals surface area contributed by atoms with E-state index in [-0.39, 0.29) is 5.91 Å². The topological polar surface area (TPSA) is 74.5 Å². The van der Waals surface area contributed by atoms with Gasteiger partial charge in [0.2, 0.25) is 0 Å². The Hall–Kier alpha value is -1.66. The van der Waals surface area contributed by atoms with E-state index < -0.39 is 0 Å². The number of hydrazine groups is 1. The van der Waals surface area contributed by atoms with Crippen LogP contribution in [0.25, 0.3) is 0 Å². The van der Waals surface area contributed by atoms with Gasteiger partial charge < -0.3 is 15.2 Å². The van der Waals surface area contributed by atoms with Gasteiger partial charge in [-0.3, -0.25) is 15.6 Å². The van der Waals surface area contributed by atoms with Crippen molar-refractivity contribution in [3.05, 3.63) is 24.0 Å². The SMILES string of the molecule is CN(C)CCCN(C)C(=O)c1ccncc1NN. The fourth-order valence-corrected chi connectivity index (χ4v) is 1.63. The van der Waals surface area contributed by atoms with Crippen LogP contribution in [0.3, 0.4) is 0 Å². The van der Waals surface area contributed by atoms with E-state index >= 15 is 0 Å². The third-order valence-electron chi connectivity index (χ3n) is 2.65. The highest BCUT2D eigenvalue weighted by molar-refractivity contribution is 5.99. The fraction of sp³-hybridized carbons (Fsp3) is 0.500. The number of pyridine rings is 1. The number of nitrogens with zero attached hydrogens (tertiary/aromatic N) is 3. The predicted molar refractivity (Wildman–Crippen MR) is 72.2 cm³/mol. The largest absolute Gasteiger partial charge is 0.342 e. The zero-order chi connectivity index (χ0) is 13.5. The minimum atomic E-state index is -0.0518. The lowest BCUT2D eigenvalue weighted by Crippen LogP contribution is -2.30. The summed E-state index contributed by atoms with van der Waals surface area (Å²) >= 11 is 0. The Morgan fingerprint density at radius 3 is 2.72 bits per heavy atom. The van der Waals surface area contributed by atoms with Crippen molar-refractivity contribution in [1.29, 1.82) is 0 Å². The van der Waals surface area contributed by atoms with Crippen LogP contribution in [-0.2, 0) is 0 Å². The Balaban J connectivity index is 2.62. The molecule has 0 aliphatic carbocycles. The molecule has 0 fully saturated rings. The van der Waals surface area contributed by atoms with Gasteiger partial charge >= 0.3 is 0 Å². The van der Waals surface area contributed by atoms with E-state index in [0.717, 1.165) is 13.0 Å². The number of carbonyl (C=O) groups is 1. The summed E-state index contributed by atoms with van der Waals surface area (Å²) in [6, 6.07) is 1.67. The minimum Gasteiger partial charge on any atom is -0.342 e. The zero-order valence-corrected chi connectivity index (χ0v) is 11.2. The van der Waals surface area contributed by atoms with E-state index in [1.807, 2.05) is 14.1 Å². The van der Waals surface area contributed by atoms with Gasteiger partial charge in [0.25, 0.3) is 5.91 Å². The molecule has 1 heterocycles. The number of nitrogen functional groups attached to an aromatic ring is 1. The third kappa shape index (κ3) is 3.97. The molecule has 1 aromatic heterocycles. The molecule has 1 amide bonds. The van der Waals surface area contributed by atoms with Crippen molar-refractivity contribution in [2.24, 2.45) is 5.84 Å². The van der Waals surface area contributed by atoms with Gasteiger partial charge in [0.15, 0.2) is 0 Å². The second-order valence-electron chi connectivity index (χ2n) is 4.45. The zero-order valence-electron chi connectivity index (χ0n) is 11.2. The molecule has 1 aromatic rings. The van der Waals surface area contributed by atoms with Crippen LogP contribution in [-0.4, -0.2) is 54.9 Å².